The standard InChI is InChI=1S/C16H25NO/c1-2-3-5-13-7-9-14(10-8-13)16(18)15-6-4-11-17-12-15/h7-10,15-18H,2-6,11-12H2,1H3. The SMILES string of the molecule is CCCCc1ccc(C(O)C2CCCNC2)cc1. The van der Waals surface area contributed by atoms with Crippen molar-refractivity contribution in [3.63, 3.8) is 0 Å². The molecule has 0 radical (unpaired) electrons. The first kappa shape index (κ1) is 13.6. The van der Waals surface area contributed by atoms with Gasteiger partial charge in [0.25, 0.3) is 0 Å². The van der Waals surface area contributed by atoms with E-state index in [0.29, 0.717) is 5.92 Å². The van der Waals surface area contributed by atoms with Gasteiger partial charge in [0.05, 0.1) is 6.10 Å². The highest BCUT2D eigenvalue weighted by molar-refractivity contribution is 5.24. The number of piperidine rings is 1. The van der Waals surface area contributed by atoms with Crippen molar-refractivity contribution in [3.8, 4) is 0 Å². The van der Waals surface area contributed by atoms with Crippen LogP contribution in [0.4, 0.5) is 0 Å². The molecule has 1 heterocycles. The average Bonchev–Trinajstić information content (AvgIpc) is 2.46. The van der Waals surface area contributed by atoms with Gasteiger partial charge in [-0.15, -0.1) is 0 Å². The number of nitrogens with one attached hydrogen (secondary N) is 1. The fraction of sp³-hybridized carbons (Fsp3) is 0.625. The minimum atomic E-state index is -0.307. The summed E-state index contributed by atoms with van der Waals surface area (Å²) >= 11 is 0. The summed E-state index contributed by atoms with van der Waals surface area (Å²) in [6.07, 6.45) is 5.63. The highest BCUT2D eigenvalue weighted by atomic mass is 16.3. The smallest absolute Gasteiger partial charge is 0.0830 e. The van der Waals surface area contributed by atoms with E-state index in [4.69, 9.17) is 0 Å². The molecule has 2 N–H and O–H groups in total. The van der Waals surface area contributed by atoms with Gasteiger partial charge in [-0.3, -0.25) is 0 Å². The van der Waals surface area contributed by atoms with Gasteiger partial charge in [-0.1, -0.05) is 37.6 Å². The quantitative estimate of drug-likeness (QED) is 0.838. The Balaban J connectivity index is 1.95. The number of aliphatic hydroxyl groups is 1. The van der Waals surface area contributed by atoms with Gasteiger partial charge >= 0.3 is 0 Å². The zero-order valence-corrected chi connectivity index (χ0v) is 11.4. The lowest BCUT2D eigenvalue weighted by molar-refractivity contribution is 0.0921. The van der Waals surface area contributed by atoms with Gasteiger partial charge in [-0.05, 0) is 43.4 Å². The van der Waals surface area contributed by atoms with Gasteiger partial charge in [-0.25, -0.2) is 0 Å². The minimum Gasteiger partial charge on any atom is -0.388 e. The lowest BCUT2D eigenvalue weighted by Crippen LogP contribution is -2.33. The van der Waals surface area contributed by atoms with Crippen LogP contribution in [0.1, 0.15) is 49.8 Å². The molecule has 0 aromatic heterocycles. The van der Waals surface area contributed by atoms with Crippen LogP contribution in [0.5, 0.6) is 0 Å². The summed E-state index contributed by atoms with van der Waals surface area (Å²) in [5, 5.41) is 13.7. The summed E-state index contributed by atoms with van der Waals surface area (Å²) in [7, 11) is 0. The van der Waals surface area contributed by atoms with E-state index in [-0.39, 0.29) is 6.10 Å². The van der Waals surface area contributed by atoms with E-state index >= 15 is 0 Å². The van der Waals surface area contributed by atoms with E-state index < -0.39 is 0 Å². The number of hydrogen-bond donors (Lipinski definition) is 2. The van der Waals surface area contributed by atoms with Crippen molar-refractivity contribution in [3.05, 3.63) is 35.4 Å². The van der Waals surface area contributed by atoms with E-state index in [1.807, 2.05) is 0 Å². The molecule has 0 spiro atoms. The Morgan fingerprint density at radius 1 is 1.33 bits per heavy atom. The molecule has 2 nitrogen and oxygen atoms in total. The van der Waals surface area contributed by atoms with Crippen LogP contribution in [0.25, 0.3) is 0 Å². The molecule has 1 aliphatic rings. The summed E-state index contributed by atoms with van der Waals surface area (Å²) in [6.45, 7) is 4.26. The number of aryl methyl sites for hydroxylation is 1. The third-order valence-corrected chi connectivity index (χ3v) is 3.92. The first-order valence-electron chi connectivity index (χ1n) is 7.29. The van der Waals surface area contributed by atoms with Crippen LogP contribution >= 0.6 is 0 Å². The zero-order chi connectivity index (χ0) is 12.8. The summed E-state index contributed by atoms with van der Waals surface area (Å²) in [4.78, 5) is 0. The number of rotatable bonds is 5. The Hall–Kier alpha value is -0.860. The molecule has 2 rings (SSSR count). The summed E-state index contributed by atoms with van der Waals surface area (Å²) in [5.41, 5.74) is 2.46. The second kappa shape index (κ2) is 6.91. The molecule has 100 valence electrons. The van der Waals surface area contributed by atoms with Crippen LogP contribution in [0, 0.1) is 5.92 Å². The zero-order valence-electron chi connectivity index (χ0n) is 11.4. The normalized spacial score (nSPS) is 21.8. The Morgan fingerprint density at radius 3 is 2.72 bits per heavy atom. The van der Waals surface area contributed by atoms with Gasteiger partial charge in [0.15, 0.2) is 0 Å². The molecule has 0 amide bonds. The van der Waals surface area contributed by atoms with Crippen molar-refractivity contribution >= 4 is 0 Å². The fourth-order valence-corrected chi connectivity index (χ4v) is 2.68. The second-order valence-electron chi connectivity index (χ2n) is 5.40. The highest BCUT2D eigenvalue weighted by Crippen LogP contribution is 2.27. The molecular formula is C16H25NO. The van der Waals surface area contributed by atoms with E-state index in [9.17, 15) is 5.11 Å². The van der Waals surface area contributed by atoms with Crippen molar-refractivity contribution in [2.45, 2.75) is 45.1 Å². The summed E-state index contributed by atoms with van der Waals surface area (Å²) < 4.78 is 0. The largest absolute Gasteiger partial charge is 0.388 e. The van der Waals surface area contributed by atoms with Crippen LogP contribution in [-0.4, -0.2) is 18.2 Å². The maximum absolute atomic E-state index is 10.4. The molecule has 2 unspecified atom stereocenters. The predicted octanol–water partition coefficient (Wildman–Crippen LogP) is 3.06. The second-order valence-corrected chi connectivity index (χ2v) is 5.40. The number of benzene rings is 1. The monoisotopic (exact) mass is 247 g/mol. The first-order valence-corrected chi connectivity index (χ1v) is 7.29. The molecule has 0 saturated carbocycles. The van der Waals surface area contributed by atoms with Gasteiger partial charge in [0.1, 0.15) is 0 Å². The van der Waals surface area contributed by atoms with Crippen LogP contribution in [0.3, 0.4) is 0 Å². The average molecular weight is 247 g/mol. The third-order valence-electron chi connectivity index (χ3n) is 3.92. The molecule has 0 bridgehead atoms. The van der Waals surface area contributed by atoms with Gasteiger partial charge in [0, 0.05) is 12.5 Å². The third kappa shape index (κ3) is 3.56. The fourth-order valence-electron chi connectivity index (χ4n) is 2.68. The molecule has 2 atom stereocenters. The van der Waals surface area contributed by atoms with E-state index in [2.05, 4.69) is 36.5 Å². The topological polar surface area (TPSA) is 32.3 Å². The number of aliphatic hydroxyl groups excluding tert-OH is 1. The Kier molecular flexibility index (Phi) is 5.21. The predicted molar refractivity (Wildman–Crippen MR) is 75.6 cm³/mol. The van der Waals surface area contributed by atoms with Gasteiger partial charge in [0.2, 0.25) is 0 Å². The lowest BCUT2D eigenvalue weighted by atomic mass is 9.89. The highest BCUT2D eigenvalue weighted by Gasteiger charge is 2.22. The van der Waals surface area contributed by atoms with Crippen molar-refractivity contribution in [2.24, 2.45) is 5.92 Å². The van der Waals surface area contributed by atoms with E-state index in [0.717, 1.165) is 31.5 Å². The van der Waals surface area contributed by atoms with Crippen LogP contribution in [0.2, 0.25) is 0 Å². The molecule has 1 aromatic rings. The molecule has 0 aliphatic carbocycles. The summed E-state index contributed by atoms with van der Waals surface area (Å²) in [5.74, 6) is 0.375. The van der Waals surface area contributed by atoms with Crippen LogP contribution in [-0.2, 0) is 6.42 Å². The number of unbranched alkanes of at least 4 members (excludes halogenated alkanes) is 1. The molecule has 1 fully saturated rings. The van der Waals surface area contributed by atoms with Crippen molar-refractivity contribution < 1.29 is 5.11 Å². The maximum Gasteiger partial charge on any atom is 0.0830 e. The first-order chi connectivity index (χ1) is 8.81. The summed E-state index contributed by atoms with van der Waals surface area (Å²) in [6, 6.07) is 8.55. The van der Waals surface area contributed by atoms with E-state index in [1.165, 1.54) is 24.8 Å². The number of hydrogen-bond acceptors (Lipinski definition) is 2. The lowest BCUT2D eigenvalue weighted by Gasteiger charge is -2.27. The minimum absolute atomic E-state index is 0.307. The Bertz CT molecular complexity index is 341. The molecule has 18 heavy (non-hydrogen) atoms. The Morgan fingerprint density at radius 2 is 2.11 bits per heavy atom. The van der Waals surface area contributed by atoms with Crippen molar-refractivity contribution in [2.75, 3.05) is 13.1 Å². The molecular weight excluding hydrogens is 222 g/mol. The van der Waals surface area contributed by atoms with Crippen LogP contribution < -0.4 is 5.32 Å². The van der Waals surface area contributed by atoms with Gasteiger partial charge < -0.3 is 10.4 Å². The Labute approximate surface area is 110 Å². The molecule has 1 aliphatic heterocycles. The van der Waals surface area contributed by atoms with Gasteiger partial charge in [-0.2, -0.15) is 0 Å². The molecule has 2 heteroatoms. The maximum atomic E-state index is 10.4. The van der Waals surface area contributed by atoms with Crippen LogP contribution in [0.15, 0.2) is 24.3 Å². The molecule has 1 aromatic carbocycles. The van der Waals surface area contributed by atoms with E-state index in [1.54, 1.807) is 0 Å². The van der Waals surface area contributed by atoms with Crippen molar-refractivity contribution in [1.82, 2.24) is 5.32 Å². The molecule has 1 saturated heterocycles. The van der Waals surface area contributed by atoms with Crippen molar-refractivity contribution in [1.29, 1.82) is 0 Å².